The maximum Gasteiger partial charge on any atom is 0.306 e. The van der Waals surface area contributed by atoms with Crippen LogP contribution in [0.25, 0.3) is 0 Å². The van der Waals surface area contributed by atoms with E-state index in [0.29, 0.717) is 5.92 Å². The van der Waals surface area contributed by atoms with Crippen LogP contribution in [-0.4, -0.2) is 16.1 Å². The van der Waals surface area contributed by atoms with Crippen LogP contribution >= 0.6 is 11.3 Å². The second-order valence-electron chi connectivity index (χ2n) is 4.22. The molecule has 0 saturated heterocycles. The molecular weight excluding hydrogens is 210 g/mol. The second-order valence-corrected chi connectivity index (χ2v) is 5.17. The normalized spacial score (nSPS) is 25.7. The van der Waals surface area contributed by atoms with Crippen molar-refractivity contribution in [1.29, 1.82) is 0 Å². The van der Waals surface area contributed by atoms with Crippen LogP contribution in [0.2, 0.25) is 0 Å². The Morgan fingerprint density at radius 2 is 2.47 bits per heavy atom. The van der Waals surface area contributed by atoms with Gasteiger partial charge in [-0.1, -0.05) is 6.42 Å². The van der Waals surface area contributed by atoms with Crippen LogP contribution in [0.15, 0.2) is 5.38 Å². The molecule has 1 N–H and O–H groups in total. The summed E-state index contributed by atoms with van der Waals surface area (Å²) in [6.45, 7) is 1.98. The fourth-order valence-corrected chi connectivity index (χ4v) is 3.19. The van der Waals surface area contributed by atoms with E-state index >= 15 is 0 Å². The molecule has 0 bridgehead atoms. The van der Waals surface area contributed by atoms with Crippen LogP contribution in [0.3, 0.4) is 0 Å². The summed E-state index contributed by atoms with van der Waals surface area (Å²) < 4.78 is 0. The van der Waals surface area contributed by atoms with Crippen molar-refractivity contribution in [1.82, 2.24) is 4.98 Å². The first kappa shape index (κ1) is 10.6. The minimum Gasteiger partial charge on any atom is -0.481 e. The van der Waals surface area contributed by atoms with Crippen LogP contribution in [0, 0.1) is 18.8 Å². The van der Waals surface area contributed by atoms with Crippen molar-refractivity contribution >= 4 is 17.3 Å². The van der Waals surface area contributed by atoms with Crippen molar-refractivity contribution in [2.75, 3.05) is 0 Å². The maximum absolute atomic E-state index is 11.0. The van der Waals surface area contributed by atoms with Crippen molar-refractivity contribution < 1.29 is 9.90 Å². The number of aromatic nitrogens is 1. The highest BCUT2D eigenvalue weighted by atomic mass is 32.1. The molecule has 2 atom stereocenters. The number of thiazole rings is 1. The molecule has 2 unspecified atom stereocenters. The molecule has 0 aliphatic heterocycles. The third-order valence-corrected chi connectivity index (χ3v) is 4.07. The molecule has 3 nitrogen and oxygen atoms in total. The van der Waals surface area contributed by atoms with Gasteiger partial charge in [0.1, 0.15) is 0 Å². The highest BCUT2D eigenvalue weighted by Crippen LogP contribution is 2.34. The van der Waals surface area contributed by atoms with Crippen LogP contribution in [0.1, 0.15) is 30.0 Å². The van der Waals surface area contributed by atoms with Gasteiger partial charge in [0.05, 0.1) is 10.9 Å². The van der Waals surface area contributed by atoms with E-state index in [4.69, 9.17) is 5.11 Å². The molecule has 82 valence electrons. The Morgan fingerprint density at radius 3 is 3.07 bits per heavy atom. The SMILES string of the molecule is Cc1csc(CC2CCCC2C(=O)O)n1. The Morgan fingerprint density at radius 1 is 1.67 bits per heavy atom. The van der Waals surface area contributed by atoms with Crippen molar-refractivity contribution in [2.45, 2.75) is 32.6 Å². The summed E-state index contributed by atoms with van der Waals surface area (Å²) in [5, 5.41) is 12.2. The zero-order chi connectivity index (χ0) is 10.8. The van der Waals surface area contributed by atoms with E-state index in [0.717, 1.165) is 36.4 Å². The largest absolute Gasteiger partial charge is 0.481 e. The Balaban J connectivity index is 2.02. The number of aliphatic carboxylic acids is 1. The molecule has 0 aromatic carbocycles. The predicted octanol–water partition coefficient (Wildman–Crippen LogP) is 2.49. The van der Waals surface area contributed by atoms with Crippen molar-refractivity contribution in [3.63, 3.8) is 0 Å². The average molecular weight is 225 g/mol. The molecular formula is C11H15NO2S. The van der Waals surface area contributed by atoms with Crippen LogP contribution in [0.4, 0.5) is 0 Å². The van der Waals surface area contributed by atoms with Crippen molar-refractivity contribution in [3.8, 4) is 0 Å². The van der Waals surface area contributed by atoms with Gasteiger partial charge in [-0.05, 0) is 25.7 Å². The fraction of sp³-hybridized carbons (Fsp3) is 0.636. The van der Waals surface area contributed by atoms with Gasteiger partial charge in [-0.2, -0.15) is 0 Å². The molecule has 1 fully saturated rings. The lowest BCUT2D eigenvalue weighted by Gasteiger charge is -2.13. The van der Waals surface area contributed by atoms with E-state index in [9.17, 15) is 4.79 Å². The maximum atomic E-state index is 11.0. The van der Waals surface area contributed by atoms with Gasteiger partial charge in [-0.15, -0.1) is 11.3 Å². The summed E-state index contributed by atoms with van der Waals surface area (Å²) in [6.07, 6.45) is 3.77. The number of nitrogens with zero attached hydrogens (tertiary/aromatic N) is 1. The Labute approximate surface area is 93.2 Å². The summed E-state index contributed by atoms with van der Waals surface area (Å²) in [5.41, 5.74) is 1.04. The van der Waals surface area contributed by atoms with Crippen LogP contribution in [-0.2, 0) is 11.2 Å². The van der Waals surface area contributed by atoms with E-state index in [1.807, 2.05) is 12.3 Å². The molecule has 15 heavy (non-hydrogen) atoms. The minimum absolute atomic E-state index is 0.144. The van der Waals surface area contributed by atoms with Gasteiger partial charge in [0.2, 0.25) is 0 Å². The lowest BCUT2D eigenvalue weighted by molar-refractivity contribution is -0.142. The zero-order valence-corrected chi connectivity index (χ0v) is 9.59. The first-order valence-corrected chi connectivity index (χ1v) is 6.18. The van der Waals surface area contributed by atoms with Gasteiger partial charge >= 0.3 is 5.97 Å². The second kappa shape index (κ2) is 4.31. The molecule has 1 aliphatic rings. The van der Waals surface area contributed by atoms with Gasteiger partial charge in [0, 0.05) is 17.5 Å². The monoisotopic (exact) mass is 225 g/mol. The van der Waals surface area contributed by atoms with E-state index in [1.54, 1.807) is 11.3 Å². The fourth-order valence-electron chi connectivity index (χ4n) is 2.33. The summed E-state index contributed by atoms with van der Waals surface area (Å²) in [4.78, 5) is 15.4. The quantitative estimate of drug-likeness (QED) is 0.859. The number of aryl methyl sites for hydroxylation is 1. The Bertz CT molecular complexity index is 361. The molecule has 1 saturated carbocycles. The molecule has 0 spiro atoms. The molecule has 0 radical (unpaired) electrons. The molecule has 4 heteroatoms. The summed E-state index contributed by atoms with van der Waals surface area (Å²) in [6, 6.07) is 0. The van der Waals surface area contributed by atoms with Crippen molar-refractivity contribution in [2.24, 2.45) is 11.8 Å². The standard InChI is InChI=1S/C11H15NO2S/c1-7-6-15-10(12-7)5-8-3-2-4-9(8)11(13)14/h6,8-9H,2-5H2,1H3,(H,13,14). The molecule has 1 aromatic rings. The van der Waals surface area contributed by atoms with E-state index in [1.165, 1.54) is 0 Å². The van der Waals surface area contributed by atoms with E-state index in [-0.39, 0.29) is 5.92 Å². The van der Waals surface area contributed by atoms with Crippen LogP contribution < -0.4 is 0 Å². The van der Waals surface area contributed by atoms with Crippen LogP contribution in [0.5, 0.6) is 0 Å². The molecule has 2 rings (SSSR count). The van der Waals surface area contributed by atoms with Gasteiger partial charge in [0.15, 0.2) is 0 Å². The topological polar surface area (TPSA) is 50.2 Å². The first-order valence-electron chi connectivity index (χ1n) is 5.30. The first-order chi connectivity index (χ1) is 7.16. The molecule has 0 amide bonds. The van der Waals surface area contributed by atoms with Gasteiger partial charge in [-0.25, -0.2) is 4.98 Å². The number of hydrogen-bond donors (Lipinski definition) is 1. The van der Waals surface area contributed by atoms with E-state index in [2.05, 4.69) is 4.98 Å². The summed E-state index contributed by atoms with van der Waals surface area (Å²) in [7, 11) is 0. The average Bonchev–Trinajstić information content (AvgIpc) is 2.75. The van der Waals surface area contributed by atoms with Gasteiger partial charge in [-0.3, -0.25) is 4.79 Å². The Hall–Kier alpha value is -0.900. The van der Waals surface area contributed by atoms with Gasteiger partial charge < -0.3 is 5.11 Å². The molecule has 1 aliphatic carbocycles. The summed E-state index contributed by atoms with van der Waals surface area (Å²) in [5.74, 6) is -0.479. The number of carbonyl (C=O) groups is 1. The number of carboxylic acids is 1. The zero-order valence-electron chi connectivity index (χ0n) is 8.77. The lowest BCUT2D eigenvalue weighted by atomic mass is 9.93. The number of rotatable bonds is 3. The highest BCUT2D eigenvalue weighted by molar-refractivity contribution is 7.09. The number of carboxylic acid groups (broad SMARTS) is 1. The Kier molecular flexibility index (Phi) is 3.05. The third-order valence-electron chi connectivity index (χ3n) is 3.08. The van der Waals surface area contributed by atoms with Crippen molar-refractivity contribution in [3.05, 3.63) is 16.1 Å². The molecule has 1 aromatic heterocycles. The van der Waals surface area contributed by atoms with E-state index < -0.39 is 5.97 Å². The molecule has 1 heterocycles. The smallest absolute Gasteiger partial charge is 0.306 e. The highest BCUT2D eigenvalue weighted by Gasteiger charge is 2.33. The predicted molar refractivity (Wildman–Crippen MR) is 59.0 cm³/mol. The lowest BCUT2D eigenvalue weighted by Crippen LogP contribution is -2.19. The van der Waals surface area contributed by atoms with Gasteiger partial charge in [0.25, 0.3) is 0 Å². The number of hydrogen-bond acceptors (Lipinski definition) is 3. The minimum atomic E-state index is -0.634. The third kappa shape index (κ3) is 2.37. The summed E-state index contributed by atoms with van der Waals surface area (Å²) >= 11 is 1.65.